The topological polar surface area (TPSA) is 44.5 Å². The molecule has 0 aliphatic rings. The predicted octanol–water partition coefficient (Wildman–Crippen LogP) is 2.90. The summed E-state index contributed by atoms with van der Waals surface area (Å²) < 4.78 is 11.3. The van der Waals surface area contributed by atoms with E-state index in [9.17, 15) is 0 Å². The molecule has 0 unspecified atom stereocenters. The molecule has 1 rings (SSSR count). The molecule has 0 aliphatic heterocycles. The molecule has 3 nitrogen and oxygen atoms in total. The van der Waals surface area contributed by atoms with Gasteiger partial charge in [0.15, 0.2) is 0 Å². The van der Waals surface area contributed by atoms with E-state index < -0.39 is 0 Å². The highest BCUT2D eigenvalue weighted by molar-refractivity contribution is 7.80. The molecule has 4 heteroatoms. The standard InChI is InChI=1S/C14H21NO2S/c1-14(2,3)17-10-6-9-16-12-8-5-4-7-11(12)13(15)18/h4-5,7-8H,6,9-10H2,1-3H3,(H2,15,18). The minimum atomic E-state index is -0.100. The Labute approximate surface area is 114 Å². The van der Waals surface area contributed by atoms with Crippen molar-refractivity contribution in [1.29, 1.82) is 0 Å². The van der Waals surface area contributed by atoms with E-state index in [2.05, 4.69) is 0 Å². The van der Waals surface area contributed by atoms with Crippen LogP contribution in [0.15, 0.2) is 24.3 Å². The van der Waals surface area contributed by atoms with Crippen LogP contribution in [0.25, 0.3) is 0 Å². The highest BCUT2D eigenvalue weighted by Gasteiger charge is 2.09. The van der Waals surface area contributed by atoms with Crippen LogP contribution in [0.1, 0.15) is 32.8 Å². The summed E-state index contributed by atoms with van der Waals surface area (Å²) in [6.07, 6.45) is 0.836. The number of rotatable bonds is 6. The Morgan fingerprint density at radius 3 is 2.50 bits per heavy atom. The molecule has 0 amide bonds. The van der Waals surface area contributed by atoms with Gasteiger partial charge in [0.25, 0.3) is 0 Å². The molecule has 100 valence electrons. The van der Waals surface area contributed by atoms with Gasteiger partial charge in [0.05, 0.1) is 24.4 Å². The van der Waals surface area contributed by atoms with E-state index in [0.717, 1.165) is 17.7 Å². The Balaban J connectivity index is 2.38. The van der Waals surface area contributed by atoms with Gasteiger partial charge in [0, 0.05) is 6.42 Å². The number of ether oxygens (including phenoxy) is 2. The fourth-order valence-electron chi connectivity index (χ4n) is 1.42. The summed E-state index contributed by atoms with van der Waals surface area (Å²) in [5.74, 6) is 0.737. The summed E-state index contributed by atoms with van der Waals surface area (Å²) in [7, 11) is 0. The van der Waals surface area contributed by atoms with Crippen molar-refractivity contribution in [3.63, 3.8) is 0 Å². The van der Waals surface area contributed by atoms with E-state index in [1.165, 1.54) is 0 Å². The average molecular weight is 267 g/mol. The zero-order valence-electron chi connectivity index (χ0n) is 11.2. The second kappa shape index (κ2) is 6.71. The fourth-order valence-corrected chi connectivity index (χ4v) is 1.58. The summed E-state index contributed by atoms with van der Waals surface area (Å²) in [5.41, 5.74) is 6.31. The third kappa shape index (κ3) is 5.47. The van der Waals surface area contributed by atoms with Crippen LogP contribution >= 0.6 is 12.2 Å². The SMILES string of the molecule is CC(C)(C)OCCCOc1ccccc1C(N)=S. The Morgan fingerprint density at radius 2 is 1.89 bits per heavy atom. The first-order valence-electron chi connectivity index (χ1n) is 6.06. The first-order chi connectivity index (χ1) is 8.40. The van der Waals surface area contributed by atoms with Crippen molar-refractivity contribution in [1.82, 2.24) is 0 Å². The second-order valence-corrected chi connectivity index (χ2v) is 5.46. The van der Waals surface area contributed by atoms with E-state index in [0.29, 0.717) is 18.2 Å². The number of hydrogen-bond acceptors (Lipinski definition) is 3. The van der Waals surface area contributed by atoms with Crippen molar-refractivity contribution in [2.75, 3.05) is 13.2 Å². The maximum Gasteiger partial charge on any atom is 0.129 e. The van der Waals surface area contributed by atoms with E-state index >= 15 is 0 Å². The van der Waals surface area contributed by atoms with Crippen LogP contribution in [-0.4, -0.2) is 23.8 Å². The van der Waals surface area contributed by atoms with Crippen molar-refractivity contribution in [3.05, 3.63) is 29.8 Å². The van der Waals surface area contributed by atoms with Gasteiger partial charge < -0.3 is 15.2 Å². The molecule has 0 fully saturated rings. The summed E-state index contributed by atoms with van der Waals surface area (Å²) >= 11 is 4.97. The molecule has 0 saturated carbocycles. The molecule has 0 heterocycles. The number of nitrogens with two attached hydrogens (primary N) is 1. The quantitative estimate of drug-likeness (QED) is 0.636. The molecule has 0 saturated heterocycles. The van der Waals surface area contributed by atoms with Crippen molar-refractivity contribution in [3.8, 4) is 5.75 Å². The van der Waals surface area contributed by atoms with E-state index in [1.54, 1.807) is 0 Å². The van der Waals surface area contributed by atoms with Crippen LogP contribution in [0.2, 0.25) is 0 Å². The third-order valence-corrected chi connectivity index (χ3v) is 2.45. The maximum atomic E-state index is 5.67. The highest BCUT2D eigenvalue weighted by Crippen LogP contribution is 2.18. The Kier molecular flexibility index (Phi) is 5.56. The van der Waals surface area contributed by atoms with Crippen molar-refractivity contribution in [2.45, 2.75) is 32.8 Å². The first kappa shape index (κ1) is 14.9. The lowest BCUT2D eigenvalue weighted by Gasteiger charge is -2.19. The normalized spacial score (nSPS) is 11.3. The first-order valence-corrected chi connectivity index (χ1v) is 6.46. The summed E-state index contributed by atoms with van der Waals surface area (Å²) in [5, 5.41) is 0. The third-order valence-electron chi connectivity index (χ3n) is 2.23. The lowest BCUT2D eigenvalue weighted by Crippen LogP contribution is -2.20. The highest BCUT2D eigenvalue weighted by atomic mass is 32.1. The minimum Gasteiger partial charge on any atom is -0.493 e. The number of para-hydroxylation sites is 1. The van der Waals surface area contributed by atoms with E-state index in [1.807, 2.05) is 45.0 Å². The van der Waals surface area contributed by atoms with Crippen molar-refractivity contribution >= 4 is 17.2 Å². The van der Waals surface area contributed by atoms with Crippen LogP contribution < -0.4 is 10.5 Å². The van der Waals surface area contributed by atoms with Crippen LogP contribution in [0.3, 0.4) is 0 Å². The molecule has 18 heavy (non-hydrogen) atoms. The molecule has 0 bridgehead atoms. The van der Waals surface area contributed by atoms with E-state index in [-0.39, 0.29) is 5.60 Å². The second-order valence-electron chi connectivity index (χ2n) is 5.02. The number of hydrogen-bond donors (Lipinski definition) is 1. The Morgan fingerprint density at radius 1 is 1.22 bits per heavy atom. The van der Waals surface area contributed by atoms with Gasteiger partial charge in [-0.25, -0.2) is 0 Å². The van der Waals surface area contributed by atoms with Gasteiger partial charge >= 0.3 is 0 Å². The largest absolute Gasteiger partial charge is 0.493 e. The van der Waals surface area contributed by atoms with Crippen molar-refractivity contribution in [2.24, 2.45) is 5.73 Å². The van der Waals surface area contributed by atoms with Gasteiger partial charge in [-0.05, 0) is 32.9 Å². The van der Waals surface area contributed by atoms with Gasteiger partial charge in [-0.15, -0.1) is 0 Å². The Bertz CT molecular complexity index is 399. The fraction of sp³-hybridized carbons (Fsp3) is 0.500. The number of benzene rings is 1. The minimum absolute atomic E-state index is 0.100. The van der Waals surface area contributed by atoms with Gasteiger partial charge in [-0.2, -0.15) is 0 Å². The molecular formula is C14H21NO2S. The molecule has 1 aromatic rings. The molecule has 0 aliphatic carbocycles. The van der Waals surface area contributed by atoms with Gasteiger partial charge in [-0.3, -0.25) is 0 Å². The molecule has 0 aromatic heterocycles. The maximum absolute atomic E-state index is 5.67. The van der Waals surface area contributed by atoms with Gasteiger partial charge in [0.2, 0.25) is 0 Å². The van der Waals surface area contributed by atoms with Crippen LogP contribution in [0.5, 0.6) is 5.75 Å². The van der Waals surface area contributed by atoms with Crippen LogP contribution in [0.4, 0.5) is 0 Å². The van der Waals surface area contributed by atoms with Gasteiger partial charge in [-0.1, -0.05) is 24.4 Å². The summed E-state index contributed by atoms with van der Waals surface area (Å²) in [4.78, 5) is 0.358. The van der Waals surface area contributed by atoms with E-state index in [4.69, 9.17) is 27.4 Å². The lowest BCUT2D eigenvalue weighted by molar-refractivity contribution is -0.00769. The van der Waals surface area contributed by atoms with Gasteiger partial charge in [0.1, 0.15) is 10.7 Å². The van der Waals surface area contributed by atoms with Crippen molar-refractivity contribution < 1.29 is 9.47 Å². The van der Waals surface area contributed by atoms with Crippen LogP contribution in [-0.2, 0) is 4.74 Å². The predicted molar refractivity (Wildman–Crippen MR) is 78.1 cm³/mol. The van der Waals surface area contributed by atoms with Crippen LogP contribution in [0, 0.1) is 0 Å². The molecule has 0 radical (unpaired) electrons. The molecule has 0 atom stereocenters. The molecule has 1 aromatic carbocycles. The molecular weight excluding hydrogens is 246 g/mol. The zero-order chi connectivity index (χ0) is 13.6. The number of thiocarbonyl (C=S) groups is 1. The average Bonchev–Trinajstić information content (AvgIpc) is 2.27. The summed E-state index contributed by atoms with van der Waals surface area (Å²) in [6.45, 7) is 7.39. The lowest BCUT2D eigenvalue weighted by atomic mass is 10.2. The summed E-state index contributed by atoms with van der Waals surface area (Å²) in [6, 6.07) is 7.54. The molecule has 0 spiro atoms. The zero-order valence-corrected chi connectivity index (χ0v) is 12.0. The monoisotopic (exact) mass is 267 g/mol. The molecule has 2 N–H and O–H groups in total. The smallest absolute Gasteiger partial charge is 0.129 e. The Hall–Kier alpha value is -1.13.